The number of aromatic amines is 1. The summed E-state index contributed by atoms with van der Waals surface area (Å²) in [6.45, 7) is 1.84. The second-order valence-corrected chi connectivity index (χ2v) is 5.37. The van der Waals surface area contributed by atoms with E-state index in [1.54, 1.807) is 10.8 Å². The SMILES string of the molecule is Cc1cc2ccc(C(F)(F)F)nc2n1-c1ccc2[nH]ncc2c1. The lowest BCUT2D eigenvalue weighted by molar-refractivity contribution is -0.141. The maximum Gasteiger partial charge on any atom is 0.433 e. The lowest BCUT2D eigenvalue weighted by atomic mass is 10.2. The van der Waals surface area contributed by atoms with Crippen LogP contribution in [0.1, 0.15) is 11.4 Å². The molecule has 0 unspecified atom stereocenters. The van der Waals surface area contributed by atoms with Crippen LogP contribution in [0, 0.1) is 6.92 Å². The maximum absolute atomic E-state index is 12.9. The third-order valence-electron chi connectivity index (χ3n) is 3.81. The molecule has 1 aromatic carbocycles. The molecule has 3 heterocycles. The first kappa shape index (κ1) is 13.8. The van der Waals surface area contributed by atoms with Gasteiger partial charge in [0.2, 0.25) is 0 Å². The molecule has 116 valence electrons. The second-order valence-electron chi connectivity index (χ2n) is 5.37. The molecule has 0 spiro atoms. The van der Waals surface area contributed by atoms with Gasteiger partial charge in [-0.2, -0.15) is 18.3 Å². The van der Waals surface area contributed by atoms with E-state index < -0.39 is 11.9 Å². The Morgan fingerprint density at radius 2 is 1.87 bits per heavy atom. The molecule has 1 N–H and O–H groups in total. The number of H-pyrrole nitrogens is 1. The number of pyridine rings is 1. The first-order valence-corrected chi connectivity index (χ1v) is 6.93. The van der Waals surface area contributed by atoms with Gasteiger partial charge in [0.05, 0.1) is 11.7 Å². The van der Waals surface area contributed by atoms with Crippen LogP contribution in [0.25, 0.3) is 27.6 Å². The lowest BCUT2D eigenvalue weighted by Gasteiger charge is -2.10. The molecule has 0 aliphatic rings. The van der Waals surface area contributed by atoms with E-state index in [1.165, 1.54) is 6.07 Å². The predicted molar refractivity (Wildman–Crippen MR) is 80.5 cm³/mol. The minimum absolute atomic E-state index is 0.292. The Hall–Kier alpha value is -2.83. The van der Waals surface area contributed by atoms with E-state index in [4.69, 9.17) is 0 Å². The number of aryl methyl sites for hydroxylation is 1. The molecule has 7 heteroatoms. The van der Waals surface area contributed by atoms with Crippen molar-refractivity contribution < 1.29 is 13.2 Å². The highest BCUT2D eigenvalue weighted by Gasteiger charge is 2.33. The number of aromatic nitrogens is 4. The van der Waals surface area contributed by atoms with Gasteiger partial charge in [-0.1, -0.05) is 0 Å². The van der Waals surface area contributed by atoms with Crippen LogP contribution in [0.15, 0.2) is 42.6 Å². The van der Waals surface area contributed by atoms with Crippen molar-refractivity contribution in [1.82, 2.24) is 19.7 Å². The van der Waals surface area contributed by atoms with Gasteiger partial charge in [-0.3, -0.25) is 9.67 Å². The molecular formula is C16H11F3N4. The Balaban J connectivity index is 1.99. The quantitative estimate of drug-likeness (QED) is 0.571. The lowest BCUT2D eigenvalue weighted by Crippen LogP contribution is -2.08. The number of rotatable bonds is 1. The molecule has 4 rings (SSSR count). The van der Waals surface area contributed by atoms with E-state index in [1.807, 2.05) is 31.2 Å². The highest BCUT2D eigenvalue weighted by molar-refractivity contribution is 5.84. The normalized spacial score (nSPS) is 12.3. The Morgan fingerprint density at radius 3 is 2.65 bits per heavy atom. The Morgan fingerprint density at radius 1 is 1.04 bits per heavy atom. The van der Waals surface area contributed by atoms with E-state index >= 15 is 0 Å². The molecule has 0 saturated heterocycles. The first-order chi connectivity index (χ1) is 10.9. The molecular weight excluding hydrogens is 305 g/mol. The van der Waals surface area contributed by atoms with Crippen molar-refractivity contribution in [1.29, 1.82) is 0 Å². The van der Waals surface area contributed by atoms with E-state index in [0.29, 0.717) is 11.0 Å². The highest BCUT2D eigenvalue weighted by Crippen LogP contribution is 2.31. The first-order valence-electron chi connectivity index (χ1n) is 6.93. The summed E-state index contributed by atoms with van der Waals surface area (Å²) in [6.07, 6.45) is -2.79. The van der Waals surface area contributed by atoms with E-state index in [9.17, 15) is 13.2 Å². The van der Waals surface area contributed by atoms with E-state index in [-0.39, 0.29) is 0 Å². The van der Waals surface area contributed by atoms with Gasteiger partial charge in [0.25, 0.3) is 0 Å². The highest BCUT2D eigenvalue weighted by atomic mass is 19.4. The van der Waals surface area contributed by atoms with Gasteiger partial charge >= 0.3 is 6.18 Å². The number of nitrogens with one attached hydrogen (secondary N) is 1. The van der Waals surface area contributed by atoms with Crippen LogP contribution in [0.2, 0.25) is 0 Å². The number of hydrogen-bond acceptors (Lipinski definition) is 2. The number of nitrogens with zero attached hydrogens (tertiary/aromatic N) is 3. The van der Waals surface area contributed by atoms with Crippen LogP contribution in [0.4, 0.5) is 13.2 Å². The zero-order valence-corrected chi connectivity index (χ0v) is 12.0. The van der Waals surface area contributed by atoms with E-state index in [2.05, 4.69) is 15.2 Å². The van der Waals surface area contributed by atoms with Crippen LogP contribution >= 0.6 is 0 Å². The number of halogens is 3. The summed E-state index contributed by atoms with van der Waals surface area (Å²) >= 11 is 0. The molecule has 4 nitrogen and oxygen atoms in total. The zero-order valence-electron chi connectivity index (χ0n) is 12.0. The van der Waals surface area contributed by atoms with Gasteiger partial charge in [0.15, 0.2) is 0 Å². The molecule has 23 heavy (non-hydrogen) atoms. The third kappa shape index (κ3) is 2.16. The van der Waals surface area contributed by atoms with Crippen molar-refractivity contribution in [2.45, 2.75) is 13.1 Å². The summed E-state index contributed by atoms with van der Waals surface area (Å²) in [6, 6.07) is 9.82. The molecule has 0 amide bonds. The fraction of sp³-hybridized carbons (Fsp3) is 0.125. The second kappa shape index (κ2) is 4.58. The summed E-state index contributed by atoms with van der Waals surface area (Å²) in [5.74, 6) is 0. The average molecular weight is 316 g/mol. The van der Waals surface area contributed by atoms with Crippen molar-refractivity contribution in [3.63, 3.8) is 0 Å². The topological polar surface area (TPSA) is 46.5 Å². The van der Waals surface area contributed by atoms with Crippen molar-refractivity contribution in [2.24, 2.45) is 0 Å². The standard InChI is InChI=1S/C16H11F3N4/c1-9-6-10-2-5-14(16(17,18)19)21-15(10)23(9)12-3-4-13-11(7-12)8-20-22-13/h2-8H,1H3,(H,20,22). The van der Waals surface area contributed by atoms with E-state index in [0.717, 1.165) is 28.4 Å². The van der Waals surface area contributed by atoms with Crippen LogP contribution in [0.3, 0.4) is 0 Å². The fourth-order valence-corrected chi connectivity index (χ4v) is 2.76. The predicted octanol–water partition coefficient (Wildman–Crippen LogP) is 4.23. The Kier molecular flexibility index (Phi) is 2.75. The zero-order chi connectivity index (χ0) is 16.2. The fourth-order valence-electron chi connectivity index (χ4n) is 2.76. The summed E-state index contributed by atoms with van der Waals surface area (Å²) in [5.41, 5.74) is 1.83. The minimum Gasteiger partial charge on any atom is -0.299 e. The Labute approximate surface area is 128 Å². The maximum atomic E-state index is 12.9. The summed E-state index contributed by atoms with van der Waals surface area (Å²) in [4.78, 5) is 3.83. The van der Waals surface area contributed by atoms with Crippen molar-refractivity contribution in [3.05, 3.63) is 54.0 Å². The minimum atomic E-state index is -4.47. The van der Waals surface area contributed by atoms with Crippen molar-refractivity contribution >= 4 is 21.9 Å². The van der Waals surface area contributed by atoms with Gasteiger partial charge in [-0.05, 0) is 43.3 Å². The van der Waals surface area contributed by atoms with Gasteiger partial charge in [0.1, 0.15) is 11.3 Å². The van der Waals surface area contributed by atoms with Crippen LogP contribution < -0.4 is 0 Å². The Bertz CT molecular complexity index is 1030. The van der Waals surface area contributed by atoms with Gasteiger partial charge in [-0.15, -0.1) is 0 Å². The number of hydrogen-bond donors (Lipinski definition) is 1. The number of alkyl halides is 3. The van der Waals surface area contributed by atoms with Crippen LogP contribution in [-0.4, -0.2) is 19.7 Å². The molecule has 0 aliphatic carbocycles. The van der Waals surface area contributed by atoms with Crippen molar-refractivity contribution in [2.75, 3.05) is 0 Å². The molecule has 0 atom stereocenters. The molecule has 4 aromatic rings. The van der Waals surface area contributed by atoms with Crippen molar-refractivity contribution in [3.8, 4) is 5.69 Å². The molecule has 0 aliphatic heterocycles. The average Bonchev–Trinajstić information content (AvgIpc) is 3.07. The largest absolute Gasteiger partial charge is 0.433 e. The molecule has 0 fully saturated rings. The monoisotopic (exact) mass is 316 g/mol. The molecule has 0 radical (unpaired) electrons. The third-order valence-corrected chi connectivity index (χ3v) is 3.81. The number of benzene rings is 1. The number of fused-ring (bicyclic) bond motifs is 2. The van der Waals surface area contributed by atoms with Gasteiger partial charge in [0, 0.05) is 22.2 Å². The van der Waals surface area contributed by atoms with Gasteiger partial charge in [-0.25, -0.2) is 4.98 Å². The molecule has 0 bridgehead atoms. The van der Waals surface area contributed by atoms with Crippen LogP contribution in [-0.2, 0) is 6.18 Å². The smallest absolute Gasteiger partial charge is 0.299 e. The van der Waals surface area contributed by atoms with Crippen LogP contribution in [0.5, 0.6) is 0 Å². The summed E-state index contributed by atoms with van der Waals surface area (Å²) in [5, 5.41) is 8.36. The summed E-state index contributed by atoms with van der Waals surface area (Å²) < 4.78 is 40.5. The summed E-state index contributed by atoms with van der Waals surface area (Å²) in [7, 11) is 0. The van der Waals surface area contributed by atoms with Gasteiger partial charge < -0.3 is 0 Å². The molecule has 0 saturated carbocycles. The molecule has 3 aromatic heterocycles.